The van der Waals surface area contributed by atoms with E-state index in [0.29, 0.717) is 10.8 Å². The number of alkyl halides is 1. The van der Waals surface area contributed by atoms with Crippen LogP contribution in [0.3, 0.4) is 0 Å². The molecule has 1 aromatic heterocycles. The second-order valence-corrected chi connectivity index (χ2v) is 4.15. The first kappa shape index (κ1) is 11.4. The number of hydrogen-bond donors (Lipinski definition) is 0. The maximum atomic E-state index is 6.29. The maximum Gasteiger partial charge on any atom is 0.120 e. The first-order valence-corrected chi connectivity index (χ1v) is 5.53. The first-order valence-electron chi connectivity index (χ1n) is 4.72. The molecule has 1 aromatic carbocycles. The van der Waals surface area contributed by atoms with Crippen molar-refractivity contribution in [2.45, 2.75) is 5.38 Å². The summed E-state index contributed by atoms with van der Waals surface area (Å²) in [7, 11) is 1.60. The highest BCUT2D eigenvalue weighted by Crippen LogP contribution is 2.35. The monoisotopic (exact) mass is 256 g/mol. The van der Waals surface area contributed by atoms with E-state index >= 15 is 0 Å². The van der Waals surface area contributed by atoms with E-state index in [1.165, 1.54) is 0 Å². The lowest BCUT2D eigenvalue weighted by atomic mass is 10.1. The number of methoxy groups -OCH3 is 1. The van der Waals surface area contributed by atoms with Crippen LogP contribution < -0.4 is 4.74 Å². The van der Waals surface area contributed by atoms with Gasteiger partial charge in [0.1, 0.15) is 5.75 Å². The minimum Gasteiger partial charge on any atom is -0.497 e. The van der Waals surface area contributed by atoms with Crippen molar-refractivity contribution >= 4 is 23.2 Å². The van der Waals surface area contributed by atoms with Crippen LogP contribution in [-0.2, 0) is 0 Å². The van der Waals surface area contributed by atoms with Gasteiger partial charge in [0, 0.05) is 10.6 Å². The molecule has 0 spiro atoms. The van der Waals surface area contributed by atoms with Crippen LogP contribution in [0.2, 0.25) is 5.02 Å². The van der Waals surface area contributed by atoms with E-state index in [1.54, 1.807) is 25.7 Å². The summed E-state index contributed by atoms with van der Waals surface area (Å²) in [5, 5.41) is 0.276. The van der Waals surface area contributed by atoms with Crippen molar-refractivity contribution in [2.24, 2.45) is 0 Å². The third-order valence-electron chi connectivity index (χ3n) is 2.32. The number of hydrogen-bond acceptors (Lipinski definition) is 2. The molecule has 2 rings (SSSR count). The zero-order chi connectivity index (χ0) is 11.5. The molecule has 84 valence electrons. The largest absolute Gasteiger partial charge is 0.497 e. The Hall–Kier alpha value is -1.12. The van der Waals surface area contributed by atoms with Crippen LogP contribution in [0.1, 0.15) is 16.5 Å². The molecule has 0 N–H and O–H groups in total. The smallest absolute Gasteiger partial charge is 0.120 e. The molecule has 0 aliphatic rings. The van der Waals surface area contributed by atoms with E-state index in [2.05, 4.69) is 0 Å². The molecule has 4 heteroatoms. The number of rotatable bonds is 3. The molecule has 0 saturated heterocycles. The molecule has 0 saturated carbocycles. The van der Waals surface area contributed by atoms with Crippen LogP contribution in [-0.4, -0.2) is 7.11 Å². The van der Waals surface area contributed by atoms with Gasteiger partial charge in [-0.05, 0) is 23.8 Å². The van der Waals surface area contributed by atoms with E-state index in [9.17, 15) is 0 Å². The average molecular weight is 257 g/mol. The number of benzene rings is 1. The van der Waals surface area contributed by atoms with Gasteiger partial charge in [-0.25, -0.2) is 0 Å². The molecular weight excluding hydrogens is 247 g/mol. The molecule has 1 atom stereocenters. The summed E-state index contributed by atoms with van der Waals surface area (Å²) in [6, 6.07) is 7.24. The Morgan fingerprint density at radius 1 is 1.31 bits per heavy atom. The van der Waals surface area contributed by atoms with Crippen molar-refractivity contribution in [3.8, 4) is 5.75 Å². The number of halogens is 2. The predicted octanol–water partition coefficient (Wildman–Crippen LogP) is 4.27. The molecule has 2 nitrogen and oxygen atoms in total. The lowest BCUT2D eigenvalue weighted by molar-refractivity contribution is 0.414. The second-order valence-electron chi connectivity index (χ2n) is 3.31. The van der Waals surface area contributed by atoms with Gasteiger partial charge in [-0.3, -0.25) is 0 Å². The highest BCUT2D eigenvalue weighted by Gasteiger charge is 2.15. The maximum absolute atomic E-state index is 6.29. The number of furan rings is 1. The molecule has 0 amide bonds. The zero-order valence-corrected chi connectivity index (χ0v) is 10.1. The van der Waals surface area contributed by atoms with Gasteiger partial charge < -0.3 is 9.15 Å². The van der Waals surface area contributed by atoms with E-state index < -0.39 is 0 Å². The molecule has 0 aliphatic heterocycles. The summed E-state index contributed by atoms with van der Waals surface area (Å²) in [5.41, 5.74) is 1.72. The minimum absolute atomic E-state index is 0.308. The highest BCUT2D eigenvalue weighted by atomic mass is 35.5. The summed E-state index contributed by atoms with van der Waals surface area (Å²) in [5.74, 6) is 0.713. The van der Waals surface area contributed by atoms with E-state index in [1.807, 2.05) is 18.2 Å². The third kappa shape index (κ3) is 2.18. The number of ether oxygens (including phenoxy) is 1. The molecule has 2 aromatic rings. The van der Waals surface area contributed by atoms with Crippen molar-refractivity contribution in [1.82, 2.24) is 0 Å². The Bertz CT molecular complexity index is 466. The highest BCUT2D eigenvalue weighted by molar-refractivity contribution is 6.33. The lowest BCUT2D eigenvalue weighted by Crippen LogP contribution is -1.93. The van der Waals surface area contributed by atoms with Crippen molar-refractivity contribution in [2.75, 3.05) is 7.11 Å². The van der Waals surface area contributed by atoms with Gasteiger partial charge in [0.2, 0.25) is 0 Å². The normalized spacial score (nSPS) is 12.4. The van der Waals surface area contributed by atoms with Gasteiger partial charge in [-0.15, -0.1) is 11.6 Å². The minimum atomic E-state index is -0.308. The van der Waals surface area contributed by atoms with E-state index in [-0.39, 0.29) is 5.38 Å². The SMILES string of the molecule is COc1ccc(C(Cl)c2ccoc2)c(Cl)c1. The fraction of sp³-hybridized carbons (Fsp3) is 0.167. The topological polar surface area (TPSA) is 22.4 Å². The first-order chi connectivity index (χ1) is 7.72. The standard InChI is InChI=1S/C12H10Cl2O2/c1-15-9-2-3-10(11(13)6-9)12(14)8-4-5-16-7-8/h2-7,12H,1H3. The van der Waals surface area contributed by atoms with E-state index in [4.69, 9.17) is 32.4 Å². The van der Waals surface area contributed by atoms with Crippen molar-refractivity contribution in [1.29, 1.82) is 0 Å². The van der Waals surface area contributed by atoms with Gasteiger partial charge >= 0.3 is 0 Å². The van der Waals surface area contributed by atoms with Crippen LogP contribution in [0.5, 0.6) is 5.75 Å². The van der Waals surface area contributed by atoms with Gasteiger partial charge in [0.05, 0.1) is 25.0 Å². The second kappa shape index (κ2) is 4.81. The fourth-order valence-corrected chi connectivity index (χ4v) is 2.09. The van der Waals surface area contributed by atoms with Gasteiger partial charge in [-0.2, -0.15) is 0 Å². The van der Waals surface area contributed by atoms with Crippen LogP contribution in [0.4, 0.5) is 0 Å². The fourth-order valence-electron chi connectivity index (χ4n) is 1.44. The van der Waals surface area contributed by atoms with Crippen molar-refractivity contribution in [3.63, 3.8) is 0 Å². The molecular formula is C12H10Cl2O2. The van der Waals surface area contributed by atoms with Gasteiger partial charge in [0.25, 0.3) is 0 Å². The molecule has 1 unspecified atom stereocenters. The molecule has 1 heterocycles. The summed E-state index contributed by atoms with van der Waals surface area (Å²) >= 11 is 12.4. The summed E-state index contributed by atoms with van der Waals surface area (Å²) < 4.78 is 10.1. The summed E-state index contributed by atoms with van der Waals surface area (Å²) in [6.07, 6.45) is 3.19. The zero-order valence-electron chi connectivity index (χ0n) is 8.61. The van der Waals surface area contributed by atoms with Crippen LogP contribution in [0.25, 0.3) is 0 Å². The predicted molar refractivity (Wildman–Crippen MR) is 64.4 cm³/mol. The quantitative estimate of drug-likeness (QED) is 0.766. The Morgan fingerprint density at radius 3 is 2.69 bits per heavy atom. The summed E-state index contributed by atoms with van der Waals surface area (Å²) in [6.45, 7) is 0. The molecule has 0 bridgehead atoms. The Morgan fingerprint density at radius 2 is 2.12 bits per heavy atom. The Balaban J connectivity index is 2.34. The Labute approximate surface area is 104 Å². The van der Waals surface area contributed by atoms with Gasteiger partial charge in [-0.1, -0.05) is 17.7 Å². The van der Waals surface area contributed by atoms with Crippen LogP contribution >= 0.6 is 23.2 Å². The summed E-state index contributed by atoms with van der Waals surface area (Å²) in [4.78, 5) is 0. The third-order valence-corrected chi connectivity index (χ3v) is 3.13. The average Bonchev–Trinajstić information content (AvgIpc) is 2.81. The lowest BCUT2D eigenvalue weighted by Gasteiger charge is -2.10. The van der Waals surface area contributed by atoms with E-state index in [0.717, 1.165) is 11.1 Å². The molecule has 0 radical (unpaired) electrons. The Kier molecular flexibility index (Phi) is 3.42. The van der Waals surface area contributed by atoms with Crippen molar-refractivity contribution < 1.29 is 9.15 Å². The van der Waals surface area contributed by atoms with Crippen LogP contribution in [0, 0.1) is 0 Å². The van der Waals surface area contributed by atoms with Gasteiger partial charge in [0.15, 0.2) is 0 Å². The molecule has 0 aliphatic carbocycles. The molecule has 0 fully saturated rings. The van der Waals surface area contributed by atoms with Crippen molar-refractivity contribution in [3.05, 3.63) is 52.9 Å². The van der Waals surface area contributed by atoms with Crippen LogP contribution in [0.15, 0.2) is 41.2 Å². The molecule has 16 heavy (non-hydrogen) atoms.